The summed E-state index contributed by atoms with van der Waals surface area (Å²) in [5.74, 6) is -2.38. The largest absolute Gasteiger partial charge is 0.534 e. The van der Waals surface area contributed by atoms with Crippen molar-refractivity contribution >= 4 is 20.2 Å². The summed E-state index contributed by atoms with van der Waals surface area (Å²) in [5.41, 5.74) is -6.02. The van der Waals surface area contributed by atoms with Gasteiger partial charge in [0.1, 0.15) is 16.4 Å². The number of halogens is 4. The first kappa shape index (κ1) is 26.3. The van der Waals surface area contributed by atoms with Gasteiger partial charge in [0.05, 0.1) is 5.69 Å². The van der Waals surface area contributed by atoms with Gasteiger partial charge in [0.25, 0.3) is 0 Å². The van der Waals surface area contributed by atoms with Crippen LogP contribution in [-0.2, 0) is 20.2 Å². The van der Waals surface area contributed by atoms with E-state index in [-0.39, 0.29) is 16.2 Å². The van der Waals surface area contributed by atoms with Gasteiger partial charge in [0.2, 0.25) is 0 Å². The van der Waals surface area contributed by atoms with Gasteiger partial charge in [-0.3, -0.25) is 0 Å². The second-order valence-electron chi connectivity index (χ2n) is 7.56. The minimum Gasteiger partial charge on any atom is -0.372 e. The first-order valence-electron chi connectivity index (χ1n) is 9.80. The lowest BCUT2D eigenvalue weighted by Gasteiger charge is -2.18. The van der Waals surface area contributed by atoms with Crippen LogP contribution in [0.25, 0.3) is 11.3 Å². The highest BCUT2D eigenvalue weighted by Crippen LogP contribution is 2.39. The Morgan fingerprint density at radius 2 is 1.43 bits per heavy atom. The molecule has 0 atom stereocenters. The number of aryl methyl sites for hydroxylation is 1. The van der Waals surface area contributed by atoms with Gasteiger partial charge in [-0.1, -0.05) is 31.5 Å². The second kappa shape index (κ2) is 9.41. The summed E-state index contributed by atoms with van der Waals surface area (Å²) in [6, 6.07) is 8.82. The van der Waals surface area contributed by atoms with E-state index < -0.39 is 54.9 Å². The monoisotopic (exact) mass is 534 g/mol. The molecule has 8 nitrogen and oxygen atoms in total. The van der Waals surface area contributed by atoms with E-state index in [1.54, 1.807) is 6.92 Å². The second-order valence-corrected chi connectivity index (χ2v) is 10.6. The first-order valence-corrected chi connectivity index (χ1v) is 12.6. The zero-order chi connectivity index (χ0) is 26.2. The summed E-state index contributed by atoms with van der Waals surface area (Å²) >= 11 is 0. The summed E-state index contributed by atoms with van der Waals surface area (Å²) in [6.45, 7) is 4.63. The molecule has 0 amide bonds. The summed E-state index contributed by atoms with van der Waals surface area (Å²) in [5, 5.41) is 0. The van der Waals surface area contributed by atoms with Crippen LogP contribution in [-0.4, -0.2) is 32.3 Å². The van der Waals surface area contributed by atoms with E-state index in [0.29, 0.717) is 0 Å². The summed E-state index contributed by atoms with van der Waals surface area (Å²) < 4.78 is 111. The maximum Gasteiger partial charge on any atom is 0.534 e. The number of rotatable bonds is 7. The maximum absolute atomic E-state index is 13.4. The molecule has 35 heavy (non-hydrogen) atoms. The van der Waals surface area contributed by atoms with Crippen LogP contribution >= 0.6 is 0 Å². The van der Waals surface area contributed by atoms with Gasteiger partial charge in [-0.25, -0.2) is 4.39 Å². The normalized spacial score (nSPS) is 12.6. The van der Waals surface area contributed by atoms with Crippen molar-refractivity contribution in [1.29, 1.82) is 0 Å². The van der Waals surface area contributed by atoms with Crippen LogP contribution in [0.15, 0.2) is 53.4 Å². The van der Waals surface area contributed by atoms with Crippen molar-refractivity contribution in [2.75, 3.05) is 0 Å². The van der Waals surface area contributed by atoms with Crippen LogP contribution in [0.2, 0.25) is 0 Å². The van der Waals surface area contributed by atoms with Gasteiger partial charge >= 0.3 is 31.8 Å². The molecular formula is C21H18F4N2O6S2. The molecule has 2 aromatic carbocycles. The Kier molecular flexibility index (Phi) is 7.09. The van der Waals surface area contributed by atoms with Gasteiger partial charge in [0, 0.05) is 5.56 Å². The van der Waals surface area contributed by atoms with Crippen LogP contribution in [0.3, 0.4) is 0 Å². The third-order valence-corrected chi connectivity index (χ3v) is 6.68. The van der Waals surface area contributed by atoms with Crippen LogP contribution < -0.4 is 8.37 Å². The molecule has 0 radical (unpaired) electrons. The van der Waals surface area contributed by atoms with Gasteiger partial charge in [-0.05, 0) is 49.2 Å². The molecule has 0 spiro atoms. The lowest BCUT2D eigenvalue weighted by molar-refractivity contribution is -0.0500. The Balaban J connectivity index is 2.22. The minimum atomic E-state index is -6.15. The average molecular weight is 535 g/mol. The van der Waals surface area contributed by atoms with E-state index in [0.717, 1.165) is 29.8 Å². The zero-order valence-electron chi connectivity index (χ0n) is 18.4. The van der Waals surface area contributed by atoms with Crippen molar-refractivity contribution in [1.82, 2.24) is 9.97 Å². The fourth-order valence-electron chi connectivity index (χ4n) is 2.77. The number of nitrogens with zero attached hydrogens (tertiary/aromatic N) is 2. The van der Waals surface area contributed by atoms with Crippen LogP contribution in [0, 0.1) is 12.7 Å². The summed E-state index contributed by atoms with van der Waals surface area (Å²) in [7, 11) is -10.6. The van der Waals surface area contributed by atoms with Crippen molar-refractivity contribution < 1.29 is 42.8 Å². The van der Waals surface area contributed by atoms with Gasteiger partial charge in [-0.2, -0.15) is 40.0 Å². The highest BCUT2D eigenvalue weighted by atomic mass is 32.2. The predicted molar refractivity (Wildman–Crippen MR) is 116 cm³/mol. The highest BCUT2D eigenvalue weighted by Gasteiger charge is 2.49. The molecule has 0 fully saturated rings. The SMILES string of the molecule is Cc1ccc(S(=O)(=O)Oc2nc(-c3ccc(F)cc3)c(OS(=O)(=O)C(F)(F)F)c(C(C)C)n2)cc1. The van der Waals surface area contributed by atoms with Crippen molar-refractivity contribution in [3.63, 3.8) is 0 Å². The molecule has 3 rings (SSSR count). The molecule has 1 aromatic heterocycles. The van der Waals surface area contributed by atoms with Crippen molar-refractivity contribution in [3.8, 4) is 23.0 Å². The van der Waals surface area contributed by atoms with Crippen LogP contribution in [0.1, 0.15) is 31.0 Å². The van der Waals surface area contributed by atoms with Gasteiger partial charge in [-0.15, -0.1) is 0 Å². The molecule has 0 unspecified atom stereocenters. The Hall–Kier alpha value is -3.26. The number of aromatic nitrogens is 2. The van der Waals surface area contributed by atoms with E-state index in [1.807, 2.05) is 0 Å². The maximum atomic E-state index is 13.4. The molecule has 0 N–H and O–H groups in total. The van der Waals surface area contributed by atoms with E-state index in [9.17, 15) is 34.4 Å². The average Bonchev–Trinajstić information content (AvgIpc) is 2.74. The quantitative estimate of drug-likeness (QED) is 0.243. The molecule has 3 aromatic rings. The fraction of sp³-hybridized carbons (Fsp3) is 0.238. The lowest BCUT2D eigenvalue weighted by atomic mass is 10.0. The van der Waals surface area contributed by atoms with Crippen molar-refractivity contribution in [3.05, 3.63) is 65.6 Å². The van der Waals surface area contributed by atoms with E-state index >= 15 is 0 Å². The van der Waals surface area contributed by atoms with Gasteiger partial charge < -0.3 is 8.37 Å². The number of hydrogen-bond acceptors (Lipinski definition) is 8. The number of benzene rings is 2. The number of hydrogen-bond donors (Lipinski definition) is 0. The van der Waals surface area contributed by atoms with E-state index in [2.05, 4.69) is 14.2 Å². The predicted octanol–water partition coefficient (Wildman–Crippen LogP) is 4.71. The molecule has 14 heteroatoms. The topological polar surface area (TPSA) is 113 Å². The standard InChI is InChI=1S/C21H18F4N2O6S2/c1-12(2)17-19(32-35(30,31)21(23,24)25)18(14-6-8-15(22)9-7-14)27-20(26-17)33-34(28,29)16-10-4-13(3)5-11-16/h4-12H,1-3H3. The molecule has 0 saturated carbocycles. The minimum absolute atomic E-state index is 0.0827. The molecule has 0 aliphatic carbocycles. The van der Waals surface area contributed by atoms with Crippen molar-refractivity contribution in [2.45, 2.75) is 37.1 Å². The molecule has 0 saturated heterocycles. The van der Waals surface area contributed by atoms with E-state index in [1.165, 1.54) is 38.1 Å². The molecule has 1 heterocycles. The Morgan fingerprint density at radius 1 is 0.857 bits per heavy atom. The summed E-state index contributed by atoms with van der Waals surface area (Å²) in [6.07, 6.45) is 0. The van der Waals surface area contributed by atoms with Gasteiger partial charge in [0.15, 0.2) is 5.75 Å². The van der Waals surface area contributed by atoms with Crippen LogP contribution in [0.5, 0.6) is 11.8 Å². The fourth-order valence-corrected chi connectivity index (χ4v) is 4.08. The lowest BCUT2D eigenvalue weighted by Crippen LogP contribution is -2.29. The molecule has 188 valence electrons. The molecular weight excluding hydrogens is 516 g/mol. The third-order valence-electron chi connectivity index (χ3n) is 4.51. The highest BCUT2D eigenvalue weighted by molar-refractivity contribution is 7.88. The third kappa shape index (κ3) is 5.88. The van der Waals surface area contributed by atoms with Crippen LogP contribution in [0.4, 0.5) is 17.6 Å². The number of alkyl halides is 3. The van der Waals surface area contributed by atoms with E-state index in [4.69, 9.17) is 4.18 Å². The molecule has 0 aliphatic heterocycles. The smallest absolute Gasteiger partial charge is 0.372 e. The first-order chi connectivity index (χ1) is 16.1. The Morgan fingerprint density at radius 3 is 1.94 bits per heavy atom. The zero-order valence-corrected chi connectivity index (χ0v) is 20.0. The Labute approximate surface area is 198 Å². The van der Waals surface area contributed by atoms with Crippen molar-refractivity contribution in [2.24, 2.45) is 0 Å². The molecule has 0 bridgehead atoms. The Bertz CT molecular complexity index is 1440. The molecule has 0 aliphatic rings. The summed E-state index contributed by atoms with van der Waals surface area (Å²) in [4.78, 5) is 7.40.